The van der Waals surface area contributed by atoms with Crippen LogP contribution in [0.15, 0.2) is 28.8 Å². The number of halogens is 2. The Morgan fingerprint density at radius 3 is 2.63 bits per heavy atom. The van der Waals surface area contributed by atoms with E-state index in [0.717, 1.165) is 18.6 Å². The molecule has 0 spiro atoms. The number of hydrogen-bond acceptors (Lipinski definition) is 6. The number of rotatable bonds is 10. The maximum absolute atomic E-state index is 13.6. The van der Waals surface area contributed by atoms with Crippen molar-refractivity contribution in [3.8, 4) is 0 Å². The quantitative estimate of drug-likeness (QED) is 0.568. The zero-order chi connectivity index (χ0) is 22.1. The van der Waals surface area contributed by atoms with Gasteiger partial charge < -0.3 is 19.9 Å². The number of unbranched alkanes of at least 4 members (excludes halogenated alkanes) is 1. The van der Waals surface area contributed by atoms with Crippen LogP contribution in [0.3, 0.4) is 0 Å². The van der Waals surface area contributed by atoms with Crippen molar-refractivity contribution in [3.05, 3.63) is 47.2 Å². The van der Waals surface area contributed by atoms with Crippen molar-refractivity contribution >= 4 is 23.6 Å². The normalized spacial score (nSPS) is 11.6. The third-order valence-corrected chi connectivity index (χ3v) is 4.06. The zero-order valence-corrected chi connectivity index (χ0v) is 16.7. The highest BCUT2D eigenvalue weighted by Gasteiger charge is 2.23. The van der Waals surface area contributed by atoms with Crippen molar-refractivity contribution < 1.29 is 32.4 Å². The Bertz CT molecular complexity index is 900. The van der Waals surface area contributed by atoms with Gasteiger partial charge in [-0.2, -0.15) is 0 Å². The van der Waals surface area contributed by atoms with Crippen LogP contribution in [0.2, 0.25) is 0 Å². The highest BCUT2D eigenvalue weighted by Crippen LogP contribution is 2.13. The predicted octanol–water partition coefficient (Wildman–Crippen LogP) is 3.12. The lowest BCUT2D eigenvalue weighted by Crippen LogP contribution is -2.34. The molecule has 0 radical (unpaired) electrons. The van der Waals surface area contributed by atoms with Crippen molar-refractivity contribution in [3.63, 3.8) is 0 Å². The molecule has 0 bridgehead atoms. The second kappa shape index (κ2) is 11.0. The Labute approximate surface area is 171 Å². The largest absolute Gasteiger partial charge is 0.452 e. The van der Waals surface area contributed by atoms with E-state index in [4.69, 9.17) is 9.26 Å². The summed E-state index contributed by atoms with van der Waals surface area (Å²) in [7, 11) is 0. The van der Waals surface area contributed by atoms with Crippen LogP contribution in [0.5, 0.6) is 0 Å². The topological polar surface area (TPSA) is 111 Å². The summed E-state index contributed by atoms with van der Waals surface area (Å²) in [6, 6.07) is 4.09. The molecule has 1 atom stereocenters. The highest BCUT2D eigenvalue weighted by atomic mass is 19.1. The SMILES string of the molecule is CCCCC(OC(=O)CCNC(=O)c1ccc(F)cc1F)C(=O)Nc1cc(C)on1. The van der Waals surface area contributed by atoms with Gasteiger partial charge in [-0.15, -0.1) is 0 Å². The van der Waals surface area contributed by atoms with Crippen molar-refractivity contribution in [2.75, 3.05) is 11.9 Å². The maximum Gasteiger partial charge on any atom is 0.308 e. The highest BCUT2D eigenvalue weighted by molar-refractivity contribution is 5.95. The molecule has 1 aromatic carbocycles. The third-order valence-electron chi connectivity index (χ3n) is 4.06. The fourth-order valence-electron chi connectivity index (χ4n) is 2.53. The van der Waals surface area contributed by atoms with Gasteiger partial charge in [0.1, 0.15) is 17.4 Å². The average molecular weight is 423 g/mol. The number of aryl methyl sites for hydroxylation is 1. The number of anilines is 1. The number of carbonyl (C=O) groups is 3. The smallest absolute Gasteiger partial charge is 0.308 e. The van der Waals surface area contributed by atoms with Gasteiger partial charge in [0.15, 0.2) is 11.9 Å². The molecule has 2 aromatic rings. The fraction of sp³-hybridized carbons (Fsp3) is 0.400. The molecule has 0 aliphatic carbocycles. The Morgan fingerprint density at radius 2 is 2.00 bits per heavy atom. The molecule has 0 saturated heterocycles. The van der Waals surface area contributed by atoms with Crippen molar-refractivity contribution in [1.82, 2.24) is 10.5 Å². The molecular weight excluding hydrogens is 400 g/mol. The number of aromatic nitrogens is 1. The molecular formula is C20H23F2N3O5. The summed E-state index contributed by atoms with van der Waals surface area (Å²) in [4.78, 5) is 36.4. The first-order valence-corrected chi connectivity index (χ1v) is 9.47. The standard InChI is InChI=1S/C20H23F2N3O5/c1-3-4-5-16(20(28)24-17-10-12(2)30-25-17)29-18(26)8-9-23-19(27)14-7-6-13(21)11-15(14)22/h6-7,10-11,16H,3-5,8-9H2,1-2H3,(H,23,27)(H,24,25,28). The van der Waals surface area contributed by atoms with Gasteiger partial charge in [0.2, 0.25) is 0 Å². The van der Waals surface area contributed by atoms with E-state index in [1.807, 2.05) is 6.92 Å². The number of esters is 1. The molecule has 0 aliphatic rings. The van der Waals surface area contributed by atoms with Gasteiger partial charge >= 0.3 is 5.97 Å². The summed E-state index contributed by atoms with van der Waals surface area (Å²) in [5.41, 5.74) is -0.340. The monoisotopic (exact) mass is 423 g/mol. The molecule has 1 heterocycles. The second-order valence-electron chi connectivity index (χ2n) is 6.56. The molecule has 1 aromatic heterocycles. The van der Waals surface area contributed by atoms with Crippen LogP contribution in [0.25, 0.3) is 0 Å². The van der Waals surface area contributed by atoms with Gasteiger partial charge in [-0.1, -0.05) is 18.5 Å². The van der Waals surface area contributed by atoms with Crippen molar-refractivity contribution in [2.45, 2.75) is 45.6 Å². The first-order chi connectivity index (χ1) is 14.3. The molecule has 1 unspecified atom stereocenters. The fourth-order valence-corrected chi connectivity index (χ4v) is 2.53. The average Bonchev–Trinajstić information content (AvgIpc) is 3.09. The van der Waals surface area contributed by atoms with Crippen LogP contribution in [0.4, 0.5) is 14.6 Å². The molecule has 30 heavy (non-hydrogen) atoms. The second-order valence-corrected chi connectivity index (χ2v) is 6.56. The van der Waals surface area contributed by atoms with E-state index >= 15 is 0 Å². The van der Waals surface area contributed by atoms with E-state index in [-0.39, 0.29) is 24.3 Å². The molecule has 0 saturated carbocycles. The first kappa shape index (κ1) is 23.0. The number of nitrogens with one attached hydrogen (secondary N) is 2. The van der Waals surface area contributed by atoms with Gasteiger partial charge in [0, 0.05) is 18.7 Å². The number of nitrogens with zero attached hydrogens (tertiary/aromatic N) is 1. The minimum atomic E-state index is -1.03. The van der Waals surface area contributed by atoms with E-state index in [0.29, 0.717) is 24.7 Å². The van der Waals surface area contributed by atoms with Gasteiger partial charge in [0.05, 0.1) is 12.0 Å². The Morgan fingerprint density at radius 1 is 1.23 bits per heavy atom. The molecule has 10 heteroatoms. The van der Waals surface area contributed by atoms with E-state index in [2.05, 4.69) is 15.8 Å². The number of amides is 2. The molecule has 2 N–H and O–H groups in total. The van der Waals surface area contributed by atoms with Crippen LogP contribution < -0.4 is 10.6 Å². The molecule has 2 rings (SSSR count). The Balaban J connectivity index is 1.85. The van der Waals surface area contributed by atoms with Gasteiger partial charge in [-0.25, -0.2) is 8.78 Å². The van der Waals surface area contributed by atoms with Gasteiger partial charge in [0.25, 0.3) is 11.8 Å². The maximum atomic E-state index is 13.6. The van der Waals surface area contributed by atoms with Crippen LogP contribution in [0.1, 0.15) is 48.7 Å². The minimum Gasteiger partial charge on any atom is -0.452 e. The van der Waals surface area contributed by atoms with Crippen LogP contribution in [-0.4, -0.2) is 35.6 Å². The van der Waals surface area contributed by atoms with Gasteiger partial charge in [-0.05, 0) is 31.9 Å². The lowest BCUT2D eigenvalue weighted by Gasteiger charge is -2.16. The van der Waals surface area contributed by atoms with E-state index in [1.54, 1.807) is 6.92 Å². The van der Waals surface area contributed by atoms with Crippen LogP contribution in [0, 0.1) is 18.6 Å². The zero-order valence-electron chi connectivity index (χ0n) is 16.7. The minimum absolute atomic E-state index is 0.140. The third kappa shape index (κ3) is 6.94. The summed E-state index contributed by atoms with van der Waals surface area (Å²) < 4.78 is 36.6. The number of carbonyl (C=O) groups excluding carboxylic acids is 3. The summed E-state index contributed by atoms with van der Waals surface area (Å²) >= 11 is 0. The molecule has 0 fully saturated rings. The molecule has 8 nitrogen and oxygen atoms in total. The summed E-state index contributed by atoms with van der Waals surface area (Å²) in [6.45, 7) is 3.46. The predicted molar refractivity (Wildman–Crippen MR) is 103 cm³/mol. The van der Waals surface area contributed by atoms with Crippen molar-refractivity contribution in [2.24, 2.45) is 0 Å². The Hall–Kier alpha value is -3.30. The van der Waals surface area contributed by atoms with Crippen molar-refractivity contribution in [1.29, 1.82) is 0 Å². The number of ether oxygens (including phenoxy) is 1. The summed E-state index contributed by atoms with van der Waals surface area (Å²) in [6.07, 6.45) is 0.513. The molecule has 2 amide bonds. The van der Waals surface area contributed by atoms with Crippen LogP contribution >= 0.6 is 0 Å². The first-order valence-electron chi connectivity index (χ1n) is 9.47. The number of hydrogen-bond donors (Lipinski definition) is 2. The van der Waals surface area contributed by atoms with E-state index in [9.17, 15) is 23.2 Å². The summed E-state index contributed by atoms with van der Waals surface area (Å²) in [5.74, 6) is -3.12. The molecule has 162 valence electrons. The number of benzene rings is 1. The molecule has 0 aliphatic heterocycles. The lowest BCUT2D eigenvalue weighted by atomic mass is 10.1. The Kier molecular flexibility index (Phi) is 8.45. The van der Waals surface area contributed by atoms with Gasteiger partial charge in [-0.3, -0.25) is 14.4 Å². The van der Waals surface area contributed by atoms with E-state index in [1.165, 1.54) is 6.07 Å². The lowest BCUT2D eigenvalue weighted by molar-refractivity contribution is -0.154. The summed E-state index contributed by atoms with van der Waals surface area (Å²) in [5, 5.41) is 8.53. The van der Waals surface area contributed by atoms with Crippen LogP contribution in [-0.2, 0) is 14.3 Å². The van der Waals surface area contributed by atoms with E-state index < -0.39 is 35.5 Å².